The van der Waals surface area contributed by atoms with Crippen molar-refractivity contribution in [2.24, 2.45) is 0 Å². The Bertz CT molecular complexity index is 1160. The van der Waals surface area contributed by atoms with Gasteiger partial charge in [0.1, 0.15) is 25.3 Å². The van der Waals surface area contributed by atoms with Crippen LogP contribution in [-0.2, 0) is 30.9 Å². The molecule has 1 unspecified atom stereocenters. The van der Waals surface area contributed by atoms with Gasteiger partial charge in [0.25, 0.3) is 0 Å². The van der Waals surface area contributed by atoms with Crippen molar-refractivity contribution in [1.29, 1.82) is 0 Å². The van der Waals surface area contributed by atoms with Gasteiger partial charge >= 0.3 is 11.8 Å². The molecule has 2 heterocycles. The number of nitrogens with one attached hydrogen (secondary N) is 2. The van der Waals surface area contributed by atoms with Crippen LogP contribution in [-0.4, -0.2) is 63.7 Å². The number of carbonyl (C=O) groups is 2. The van der Waals surface area contributed by atoms with E-state index in [4.69, 9.17) is 14.2 Å². The normalized spacial score (nSPS) is 18.2. The minimum Gasteiger partial charge on any atom is -0.486 e. The molecule has 2 N–H and O–H groups in total. The zero-order chi connectivity index (χ0) is 24.1. The second-order valence-corrected chi connectivity index (χ2v) is 9.51. The zero-order valence-corrected chi connectivity index (χ0v) is 19.0. The summed E-state index contributed by atoms with van der Waals surface area (Å²) in [7, 11) is -3.97. The molecule has 10 nitrogen and oxygen atoms in total. The van der Waals surface area contributed by atoms with Gasteiger partial charge in [-0.05, 0) is 36.2 Å². The molecular weight excluding hydrogens is 469 g/mol. The maximum atomic E-state index is 13.3. The highest BCUT2D eigenvalue weighted by Gasteiger charge is 2.35. The standard InChI is InChI=1S/C22H24FN3O7S/c23-16-4-2-15(3-5-16)13-24-21(27)22(28)25-14-20-26(8-1-9-33-20)34(29,30)17-6-7-18-19(12-17)32-11-10-31-18/h2-7,12,20H,1,8-11,13-14H2,(H,24,27)(H,25,28). The molecule has 0 aliphatic carbocycles. The Morgan fingerprint density at radius 1 is 0.971 bits per heavy atom. The third-order valence-electron chi connectivity index (χ3n) is 5.28. The summed E-state index contributed by atoms with van der Waals surface area (Å²) in [6.07, 6.45) is -0.507. The van der Waals surface area contributed by atoms with Crippen molar-refractivity contribution >= 4 is 21.8 Å². The summed E-state index contributed by atoms with van der Waals surface area (Å²) < 4.78 is 57.2. The van der Waals surface area contributed by atoms with E-state index in [1.807, 2.05) is 0 Å². The maximum absolute atomic E-state index is 13.3. The van der Waals surface area contributed by atoms with Crippen molar-refractivity contribution < 1.29 is 36.6 Å². The van der Waals surface area contributed by atoms with Gasteiger partial charge in [0.05, 0.1) is 18.0 Å². The van der Waals surface area contributed by atoms with Crippen LogP contribution in [0.2, 0.25) is 0 Å². The number of carbonyl (C=O) groups excluding carboxylic acids is 2. The summed E-state index contributed by atoms with van der Waals surface area (Å²) >= 11 is 0. The number of hydrogen-bond acceptors (Lipinski definition) is 7. The number of nitrogens with zero attached hydrogens (tertiary/aromatic N) is 1. The van der Waals surface area contributed by atoms with Crippen LogP contribution in [0.3, 0.4) is 0 Å². The lowest BCUT2D eigenvalue weighted by atomic mass is 10.2. The summed E-state index contributed by atoms with van der Waals surface area (Å²) in [5, 5.41) is 4.84. The SMILES string of the molecule is O=C(NCc1ccc(F)cc1)C(=O)NCC1OCCCN1S(=O)(=O)c1ccc2c(c1)OCCO2. The fourth-order valence-corrected chi connectivity index (χ4v) is 5.13. The number of fused-ring (bicyclic) bond motifs is 1. The lowest BCUT2D eigenvalue weighted by molar-refractivity contribution is -0.140. The third-order valence-corrected chi connectivity index (χ3v) is 7.17. The monoisotopic (exact) mass is 493 g/mol. The van der Waals surface area contributed by atoms with E-state index in [-0.39, 0.29) is 24.5 Å². The van der Waals surface area contributed by atoms with Crippen LogP contribution in [0.25, 0.3) is 0 Å². The molecule has 2 aromatic carbocycles. The minimum absolute atomic E-state index is 0.00983. The van der Waals surface area contributed by atoms with E-state index in [1.165, 1.54) is 42.5 Å². The Balaban J connectivity index is 1.37. The maximum Gasteiger partial charge on any atom is 0.309 e. The Morgan fingerprint density at radius 2 is 1.68 bits per heavy atom. The highest BCUT2D eigenvalue weighted by molar-refractivity contribution is 7.89. The molecule has 12 heteroatoms. The predicted molar refractivity (Wildman–Crippen MR) is 117 cm³/mol. The lowest BCUT2D eigenvalue weighted by Crippen LogP contribution is -2.53. The van der Waals surface area contributed by atoms with Crippen molar-refractivity contribution in [3.05, 3.63) is 53.8 Å². The first-order valence-corrected chi connectivity index (χ1v) is 12.1. The highest BCUT2D eigenvalue weighted by Crippen LogP contribution is 2.34. The molecule has 0 saturated carbocycles. The van der Waals surface area contributed by atoms with Crippen LogP contribution < -0.4 is 20.1 Å². The van der Waals surface area contributed by atoms with Crippen LogP contribution in [0, 0.1) is 5.82 Å². The van der Waals surface area contributed by atoms with Gasteiger partial charge in [-0.25, -0.2) is 12.8 Å². The molecule has 2 aromatic rings. The van der Waals surface area contributed by atoms with Gasteiger partial charge in [-0.15, -0.1) is 0 Å². The largest absolute Gasteiger partial charge is 0.486 e. The molecule has 34 heavy (non-hydrogen) atoms. The molecule has 2 aliphatic rings. The minimum atomic E-state index is -3.97. The molecule has 1 saturated heterocycles. The molecule has 0 bridgehead atoms. The van der Waals surface area contributed by atoms with E-state index in [1.54, 1.807) is 0 Å². The van der Waals surface area contributed by atoms with Crippen LogP contribution in [0.4, 0.5) is 4.39 Å². The number of halogens is 1. The third kappa shape index (κ3) is 5.46. The van der Waals surface area contributed by atoms with E-state index in [0.29, 0.717) is 43.3 Å². The molecular formula is C22H24FN3O7S. The van der Waals surface area contributed by atoms with Gasteiger partial charge in [-0.3, -0.25) is 9.59 Å². The van der Waals surface area contributed by atoms with E-state index in [9.17, 15) is 22.4 Å². The number of sulfonamides is 1. The fourth-order valence-electron chi connectivity index (χ4n) is 3.55. The second-order valence-electron chi connectivity index (χ2n) is 7.62. The van der Waals surface area contributed by atoms with Crippen LogP contribution in [0.5, 0.6) is 11.5 Å². The van der Waals surface area contributed by atoms with Crippen LogP contribution in [0.15, 0.2) is 47.4 Å². The smallest absolute Gasteiger partial charge is 0.309 e. The molecule has 182 valence electrons. The molecule has 1 fully saturated rings. The van der Waals surface area contributed by atoms with Crippen molar-refractivity contribution in [2.45, 2.75) is 24.1 Å². The van der Waals surface area contributed by atoms with Crippen LogP contribution >= 0.6 is 0 Å². The first kappa shape index (κ1) is 23.9. The number of benzene rings is 2. The predicted octanol–water partition coefficient (Wildman–Crippen LogP) is 0.767. The summed E-state index contributed by atoms with van der Waals surface area (Å²) in [5.41, 5.74) is 0.620. The fraction of sp³-hybridized carbons (Fsp3) is 0.364. The molecule has 0 spiro atoms. The van der Waals surface area contributed by atoms with E-state index >= 15 is 0 Å². The van der Waals surface area contributed by atoms with Crippen LogP contribution in [0.1, 0.15) is 12.0 Å². The van der Waals surface area contributed by atoms with Gasteiger partial charge in [-0.1, -0.05) is 12.1 Å². The highest BCUT2D eigenvalue weighted by atomic mass is 32.2. The van der Waals surface area contributed by atoms with E-state index in [0.717, 1.165) is 4.31 Å². The van der Waals surface area contributed by atoms with Gasteiger partial charge in [0.15, 0.2) is 11.5 Å². The van der Waals surface area contributed by atoms with Gasteiger partial charge in [0.2, 0.25) is 10.0 Å². The number of hydrogen-bond donors (Lipinski definition) is 2. The lowest BCUT2D eigenvalue weighted by Gasteiger charge is -2.34. The number of ether oxygens (including phenoxy) is 3. The summed E-state index contributed by atoms with van der Waals surface area (Å²) in [4.78, 5) is 24.3. The molecule has 4 rings (SSSR count). The number of rotatable bonds is 6. The zero-order valence-electron chi connectivity index (χ0n) is 18.2. The molecule has 0 aromatic heterocycles. The Morgan fingerprint density at radius 3 is 2.44 bits per heavy atom. The van der Waals surface area contributed by atoms with Crippen molar-refractivity contribution in [2.75, 3.05) is 32.9 Å². The average molecular weight is 494 g/mol. The average Bonchev–Trinajstić information content (AvgIpc) is 2.86. The first-order valence-electron chi connectivity index (χ1n) is 10.7. The Labute approximate surface area is 196 Å². The molecule has 2 amide bonds. The van der Waals surface area contributed by atoms with E-state index < -0.39 is 33.9 Å². The van der Waals surface area contributed by atoms with Gasteiger partial charge in [0, 0.05) is 19.2 Å². The van der Waals surface area contributed by atoms with Crippen molar-refractivity contribution in [3.63, 3.8) is 0 Å². The van der Waals surface area contributed by atoms with Crippen molar-refractivity contribution in [1.82, 2.24) is 14.9 Å². The van der Waals surface area contributed by atoms with Gasteiger partial charge < -0.3 is 24.8 Å². The first-order chi connectivity index (χ1) is 16.3. The summed E-state index contributed by atoms with van der Waals surface area (Å²) in [5.74, 6) is -1.44. The molecule has 2 aliphatic heterocycles. The Hall–Kier alpha value is -3.22. The number of amides is 2. The Kier molecular flexibility index (Phi) is 7.29. The summed E-state index contributed by atoms with van der Waals surface area (Å²) in [6, 6.07) is 9.84. The molecule has 1 atom stereocenters. The van der Waals surface area contributed by atoms with Crippen molar-refractivity contribution in [3.8, 4) is 11.5 Å². The van der Waals surface area contributed by atoms with Gasteiger partial charge in [-0.2, -0.15) is 4.31 Å². The second kappa shape index (κ2) is 10.4. The topological polar surface area (TPSA) is 123 Å². The quantitative estimate of drug-likeness (QED) is 0.570. The molecule has 0 radical (unpaired) electrons. The van der Waals surface area contributed by atoms with E-state index in [2.05, 4.69) is 10.6 Å². The summed E-state index contributed by atoms with van der Waals surface area (Å²) in [6.45, 7) is 1.03.